The van der Waals surface area contributed by atoms with Crippen LogP contribution < -0.4 is 4.74 Å². The van der Waals surface area contributed by atoms with Crippen molar-refractivity contribution in [1.82, 2.24) is 0 Å². The van der Waals surface area contributed by atoms with Crippen LogP contribution in [0.15, 0.2) is 12.1 Å². The lowest BCUT2D eigenvalue weighted by Crippen LogP contribution is -2.59. The van der Waals surface area contributed by atoms with Crippen molar-refractivity contribution in [3.05, 3.63) is 28.8 Å². The van der Waals surface area contributed by atoms with E-state index in [2.05, 4.69) is 39.8 Å². The second-order valence-corrected chi connectivity index (χ2v) is 8.83. The number of fused-ring (bicyclic) bond motifs is 1. The molecule has 0 N–H and O–H groups in total. The average molecular weight is 328 g/mol. The van der Waals surface area contributed by atoms with Gasteiger partial charge in [-0.05, 0) is 65.3 Å². The van der Waals surface area contributed by atoms with Crippen LogP contribution >= 0.6 is 0 Å². The highest BCUT2D eigenvalue weighted by atomic mass is 16.5. The third-order valence-electron chi connectivity index (χ3n) is 6.85. The summed E-state index contributed by atoms with van der Waals surface area (Å²) < 4.78 is 11.6. The van der Waals surface area contributed by atoms with E-state index in [1.165, 1.54) is 23.1 Å². The smallest absolute Gasteiger partial charge is 0.317 e. The Bertz CT molecular complexity index is 703. The summed E-state index contributed by atoms with van der Waals surface area (Å²) >= 11 is 0. The number of ether oxygens (including phenoxy) is 2. The maximum atomic E-state index is 13.0. The molecular formula is C21H28O3. The molecule has 0 aromatic heterocycles. The Morgan fingerprint density at radius 1 is 1.25 bits per heavy atom. The number of hydrogen-bond acceptors (Lipinski definition) is 3. The molecule has 0 unspecified atom stereocenters. The van der Waals surface area contributed by atoms with Crippen molar-refractivity contribution in [1.29, 1.82) is 0 Å². The Balaban J connectivity index is 1.97. The zero-order valence-electron chi connectivity index (χ0n) is 15.4. The van der Waals surface area contributed by atoms with Crippen molar-refractivity contribution in [3.63, 3.8) is 0 Å². The second kappa shape index (κ2) is 5.00. The van der Waals surface area contributed by atoms with E-state index >= 15 is 0 Å². The molecule has 130 valence electrons. The predicted octanol–water partition coefficient (Wildman–Crippen LogP) is 4.88. The molecule has 5 rings (SSSR count). The molecule has 2 aliphatic carbocycles. The summed E-state index contributed by atoms with van der Waals surface area (Å²) in [5, 5.41) is 0. The zero-order valence-corrected chi connectivity index (χ0v) is 15.4. The lowest BCUT2D eigenvalue weighted by atomic mass is 9.48. The van der Waals surface area contributed by atoms with Gasteiger partial charge in [0.15, 0.2) is 0 Å². The standard InChI is InChI=1S/C21H28O3/c1-12(2)13-9-14-15(10-16(13)23-5)21-8-6-7-20(3,4)18(21)11-17(14)24-19(21)22/h9-10,12,17-18H,6-8,11H2,1-5H3/t17-,18+,21-/m0/s1. The van der Waals surface area contributed by atoms with Gasteiger partial charge >= 0.3 is 5.97 Å². The van der Waals surface area contributed by atoms with Crippen molar-refractivity contribution >= 4 is 5.97 Å². The molecular weight excluding hydrogens is 300 g/mol. The maximum Gasteiger partial charge on any atom is 0.317 e. The molecule has 1 saturated carbocycles. The fraction of sp³-hybridized carbons (Fsp3) is 0.667. The Morgan fingerprint density at radius 3 is 2.67 bits per heavy atom. The van der Waals surface area contributed by atoms with Crippen LogP contribution in [-0.4, -0.2) is 13.1 Å². The van der Waals surface area contributed by atoms with Crippen LogP contribution in [0.4, 0.5) is 0 Å². The Kier molecular flexibility index (Phi) is 3.33. The highest BCUT2D eigenvalue weighted by molar-refractivity contribution is 5.88. The van der Waals surface area contributed by atoms with Gasteiger partial charge in [-0.25, -0.2) is 0 Å². The summed E-state index contributed by atoms with van der Waals surface area (Å²) in [6.45, 7) is 9.02. The number of carbonyl (C=O) groups is 1. The Hall–Kier alpha value is -1.51. The molecule has 2 bridgehead atoms. The minimum Gasteiger partial charge on any atom is -0.496 e. The monoisotopic (exact) mass is 328 g/mol. The number of methoxy groups -OCH3 is 1. The van der Waals surface area contributed by atoms with Crippen LogP contribution in [0.1, 0.15) is 82.1 Å². The van der Waals surface area contributed by atoms with Crippen LogP contribution in [-0.2, 0) is 14.9 Å². The summed E-state index contributed by atoms with van der Waals surface area (Å²) in [4.78, 5) is 13.0. The van der Waals surface area contributed by atoms with Crippen molar-refractivity contribution in [2.75, 3.05) is 7.11 Å². The van der Waals surface area contributed by atoms with Crippen molar-refractivity contribution in [2.45, 2.75) is 70.8 Å². The van der Waals surface area contributed by atoms with Gasteiger partial charge in [0, 0.05) is 0 Å². The topological polar surface area (TPSA) is 35.5 Å². The fourth-order valence-corrected chi connectivity index (χ4v) is 5.62. The van der Waals surface area contributed by atoms with E-state index in [0.29, 0.717) is 11.8 Å². The number of benzene rings is 1. The van der Waals surface area contributed by atoms with Gasteiger partial charge in [-0.1, -0.05) is 34.1 Å². The van der Waals surface area contributed by atoms with Gasteiger partial charge in [-0.3, -0.25) is 4.79 Å². The first-order valence-electron chi connectivity index (χ1n) is 9.24. The zero-order chi connectivity index (χ0) is 17.3. The number of esters is 1. The van der Waals surface area contributed by atoms with Gasteiger partial charge in [-0.15, -0.1) is 0 Å². The van der Waals surface area contributed by atoms with E-state index in [1.807, 2.05) is 0 Å². The van der Waals surface area contributed by atoms with Gasteiger partial charge in [-0.2, -0.15) is 0 Å². The average Bonchev–Trinajstić information content (AvgIpc) is 2.53. The van der Waals surface area contributed by atoms with E-state index < -0.39 is 5.41 Å². The van der Waals surface area contributed by atoms with Crippen LogP contribution in [0.5, 0.6) is 5.75 Å². The molecule has 3 atom stereocenters. The molecule has 1 aromatic carbocycles. The molecule has 1 spiro atoms. The highest BCUT2D eigenvalue weighted by Crippen LogP contribution is 2.64. The molecule has 1 aromatic rings. The van der Waals surface area contributed by atoms with Crippen LogP contribution in [0.3, 0.4) is 0 Å². The molecule has 1 saturated heterocycles. The number of hydrogen-bond donors (Lipinski definition) is 0. The number of carbonyl (C=O) groups excluding carboxylic acids is 1. The molecule has 4 aliphatic rings. The van der Waals surface area contributed by atoms with Crippen molar-refractivity contribution in [2.24, 2.45) is 11.3 Å². The summed E-state index contributed by atoms with van der Waals surface area (Å²) in [7, 11) is 1.73. The lowest BCUT2D eigenvalue weighted by Gasteiger charge is -2.58. The normalized spacial score (nSPS) is 33.0. The summed E-state index contributed by atoms with van der Waals surface area (Å²) in [5.74, 6) is 1.67. The highest BCUT2D eigenvalue weighted by Gasteiger charge is 2.63. The minimum absolute atomic E-state index is 0.00313. The predicted molar refractivity (Wildman–Crippen MR) is 93.3 cm³/mol. The van der Waals surface area contributed by atoms with Crippen LogP contribution in [0.25, 0.3) is 0 Å². The van der Waals surface area contributed by atoms with Gasteiger partial charge in [0.1, 0.15) is 11.9 Å². The molecule has 2 aliphatic heterocycles. The maximum absolute atomic E-state index is 13.0. The van der Waals surface area contributed by atoms with Crippen molar-refractivity contribution < 1.29 is 14.3 Å². The molecule has 24 heavy (non-hydrogen) atoms. The first-order valence-corrected chi connectivity index (χ1v) is 9.24. The van der Waals surface area contributed by atoms with Gasteiger partial charge in [0.25, 0.3) is 0 Å². The molecule has 3 nitrogen and oxygen atoms in total. The third-order valence-corrected chi connectivity index (χ3v) is 6.85. The van der Waals surface area contributed by atoms with E-state index in [1.54, 1.807) is 7.11 Å². The summed E-state index contributed by atoms with van der Waals surface area (Å²) in [5.41, 5.74) is 3.34. The van der Waals surface area contributed by atoms with E-state index in [-0.39, 0.29) is 17.5 Å². The molecule has 0 amide bonds. The SMILES string of the molecule is COc1cc2c(cc1C(C)C)[C@@H]1C[C@@H]3C(C)(C)CCC[C@]23C(=O)O1. The van der Waals surface area contributed by atoms with Crippen LogP contribution in [0, 0.1) is 11.3 Å². The third kappa shape index (κ3) is 1.87. The molecule has 2 heterocycles. The van der Waals surface area contributed by atoms with Crippen molar-refractivity contribution in [3.8, 4) is 5.75 Å². The Labute approximate surface area is 144 Å². The first kappa shape index (κ1) is 16.0. The lowest BCUT2D eigenvalue weighted by molar-refractivity contribution is -0.185. The minimum atomic E-state index is -0.464. The van der Waals surface area contributed by atoms with E-state index in [9.17, 15) is 4.79 Å². The Morgan fingerprint density at radius 2 is 2.00 bits per heavy atom. The van der Waals surface area contributed by atoms with E-state index in [4.69, 9.17) is 9.47 Å². The molecule has 2 fully saturated rings. The first-order chi connectivity index (χ1) is 11.3. The van der Waals surface area contributed by atoms with E-state index in [0.717, 1.165) is 25.0 Å². The summed E-state index contributed by atoms with van der Waals surface area (Å²) in [6.07, 6.45) is 4.06. The molecule has 3 heteroatoms. The quantitative estimate of drug-likeness (QED) is 0.726. The fourth-order valence-electron chi connectivity index (χ4n) is 5.62. The number of rotatable bonds is 2. The second-order valence-electron chi connectivity index (χ2n) is 8.83. The largest absolute Gasteiger partial charge is 0.496 e. The van der Waals surface area contributed by atoms with Gasteiger partial charge in [0.2, 0.25) is 0 Å². The summed E-state index contributed by atoms with van der Waals surface area (Å²) in [6, 6.07) is 4.40. The van der Waals surface area contributed by atoms with Crippen LogP contribution in [0.2, 0.25) is 0 Å². The van der Waals surface area contributed by atoms with Gasteiger partial charge < -0.3 is 9.47 Å². The van der Waals surface area contributed by atoms with Gasteiger partial charge in [0.05, 0.1) is 12.5 Å². The molecule has 0 radical (unpaired) electrons.